The number of nitrogens with one attached hydrogen (secondary N) is 3. The van der Waals surface area contributed by atoms with Crippen LogP contribution in [-0.4, -0.2) is 37.7 Å². The highest BCUT2D eigenvalue weighted by Gasteiger charge is 2.15. The maximum absolute atomic E-state index is 11.8. The van der Waals surface area contributed by atoms with Crippen LogP contribution in [0.15, 0.2) is 24.5 Å². The number of pyridine rings is 1. The van der Waals surface area contributed by atoms with Crippen molar-refractivity contribution in [3.05, 3.63) is 24.5 Å². The van der Waals surface area contributed by atoms with Gasteiger partial charge in [-0.2, -0.15) is 0 Å². The maximum Gasteiger partial charge on any atom is 0.407 e. The molecule has 0 bridgehead atoms. The SMILES string of the molecule is CNc1cc[n+](CCCCCCCCCCCC(=O)NCCNC(=O)OC(C)(C)C)cc1. The van der Waals surface area contributed by atoms with Crippen LogP contribution in [0.5, 0.6) is 0 Å². The minimum atomic E-state index is -0.508. The minimum absolute atomic E-state index is 0.0504. The highest BCUT2D eigenvalue weighted by Crippen LogP contribution is 2.11. The number of hydrogen-bond acceptors (Lipinski definition) is 4. The zero-order chi connectivity index (χ0) is 23.7. The maximum atomic E-state index is 11.8. The summed E-state index contributed by atoms with van der Waals surface area (Å²) in [6.07, 6.45) is 15.2. The largest absolute Gasteiger partial charge is 0.444 e. The number of alkyl carbamates (subject to hydrolysis) is 1. The summed E-state index contributed by atoms with van der Waals surface area (Å²) < 4.78 is 7.39. The molecule has 0 spiro atoms. The quantitative estimate of drug-likeness (QED) is 0.255. The molecule has 1 aromatic heterocycles. The lowest BCUT2D eigenvalue weighted by Crippen LogP contribution is -2.37. The van der Waals surface area contributed by atoms with Crippen LogP contribution in [0, 0.1) is 0 Å². The third-order valence-corrected chi connectivity index (χ3v) is 5.12. The minimum Gasteiger partial charge on any atom is -0.444 e. The number of aryl methyl sites for hydroxylation is 1. The number of nitrogens with zero attached hydrogens (tertiary/aromatic N) is 1. The number of hydrogen-bond donors (Lipinski definition) is 3. The third kappa shape index (κ3) is 15.5. The third-order valence-electron chi connectivity index (χ3n) is 5.12. The van der Waals surface area contributed by atoms with Crippen LogP contribution < -0.4 is 20.5 Å². The van der Waals surface area contributed by atoms with E-state index in [0.29, 0.717) is 19.5 Å². The molecular formula is C25H45N4O3+. The van der Waals surface area contributed by atoms with Crippen molar-refractivity contribution in [3.63, 3.8) is 0 Å². The van der Waals surface area contributed by atoms with Crippen molar-refractivity contribution in [2.24, 2.45) is 0 Å². The topological polar surface area (TPSA) is 83.3 Å². The number of ether oxygens (including phenoxy) is 1. The number of carbonyl (C=O) groups excluding carboxylic acids is 2. The van der Waals surface area contributed by atoms with Crippen molar-refractivity contribution < 1.29 is 18.9 Å². The first-order valence-corrected chi connectivity index (χ1v) is 12.2. The Labute approximate surface area is 194 Å². The van der Waals surface area contributed by atoms with Gasteiger partial charge >= 0.3 is 6.09 Å². The van der Waals surface area contributed by atoms with Crippen LogP contribution in [0.4, 0.5) is 10.5 Å². The molecule has 3 N–H and O–H groups in total. The fraction of sp³-hybridized carbons (Fsp3) is 0.720. The van der Waals surface area contributed by atoms with Gasteiger partial charge in [-0.1, -0.05) is 38.5 Å². The van der Waals surface area contributed by atoms with Gasteiger partial charge in [0.1, 0.15) is 12.1 Å². The van der Waals surface area contributed by atoms with Crippen LogP contribution in [0.3, 0.4) is 0 Å². The van der Waals surface area contributed by atoms with E-state index in [-0.39, 0.29) is 5.91 Å². The van der Waals surface area contributed by atoms with Gasteiger partial charge in [-0.05, 0) is 33.6 Å². The Morgan fingerprint density at radius 2 is 1.38 bits per heavy atom. The molecule has 0 unspecified atom stereocenters. The number of rotatable bonds is 16. The molecule has 1 aromatic rings. The normalized spacial score (nSPS) is 11.1. The zero-order valence-electron chi connectivity index (χ0n) is 20.7. The molecule has 32 heavy (non-hydrogen) atoms. The van der Waals surface area contributed by atoms with E-state index < -0.39 is 11.7 Å². The Morgan fingerprint density at radius 3 is 1.94 bits per heavy atom. The van der Waals surface area contributed by atoms with Crippen molar-refractivity contribution in [3.8, 4) is 0 Å². The zero-order valence-corrected chi connectivity index (χ0v) is 20.7. The number of aromatic nitrogens is 1. The standard InChI is InChI=1S/C25H44N4O3/c1-25(2,3)32-24(31)28-18-17-27-23(30)14-12-10-8-6-5-7-9-11-13-19-29-20-15-22(26-4)16-21-29/h15-16,20-21H,5-14,17-19H2,1-4H3,(H2,27,28,30,31)/p+1. The molecule has 182 valence electrons. The number of unbranched alkanes of at least 4 members (excludes halogenated alkanes) is 8. The lowest BCUT2D eigenvalue weighted by Gasteiger charge is -2.19. The predicted molar refractivity (Wildman–Crippen MR) is 130 cm³/mol. The molecule has 0 saturated heterocycles. The molecule has 0 aliphatic heterocycles. The monoisotopic (exact) mass is 449 g/mol. The number of carbonyl (C=O) groups is 2. The van der Waals surface area contributed by atoms with Crippen molar-refractivity contribution in [2.75, 3.05) is 25.5 Å². The second kappa shape index (κ2) is 16.3. The summed E-state index contributed by atoms with van der Waals surface area (Å²) in [5.74, 6) is 0.0504. The van der Waals surface area contributed by atoms with E-state index >= 15 is 0 Å². The van der Waals surface area contributed by atoms with Gasteiger partial charge in [0.2, 0.25) is 5.91 Å². The molecule has 0 saturated carbocycles. The van der Waals surface area contributed by atoms with Gasteiger partial charge in [0.25, 0.3) is 0 Å². The van der Waals surface area contributed by atoms with E-state index in [4.69, 9.17) is 4.74 Å². The molecule has 1 rings (SSSR count). The Bertz CT molecular complexity index is 642. The van der Waals surface area contributed by atoms with Crippen molar-refractivity contribution in [1.29, 1.82) is 0 Å². The van der Waals surface area contributed by atoms with Gasteiger partial charge in [0, 0.05) is 50.8 Å². The van der Waals surface area contributed by atoms with Crippen LogP contribution in [-0.2, 0) is 16.1 Å². The Hall–Kier alpha value is -2.31. The molecule has 0 aliphatic rings. The summed E-state index contributed by atoms with van der Waals surface area (Å²) in [5.41, 5.74) is 0.640. The van der Waals surface area contributed by atoms with E-state index in [9.17, 15) is 9.59 Å². The van der Waals surface area contributed by atoms with Gasteiger partial charge in [-0.3, -0.25) is 4.79 Å². The Kier molecular flexibility index (Phi) is 14.2. The predicted octanol–water partition coefficient (Wildman–Crippen LogP) is 4.56. The molecule has 7 heteroatoms. The van der Waals surface area contributed by atoms with Crippen LogP contribution in [0.25, 0.3) is 0 Å². The summed E-state index contributed by atoms with van der Waals surface area (Å²) in [6.45, 7) is 7.35. The molecule has 0 aliphatic carbocycles. The first-order chi connectivity index (χ1) is 15.3. The first-order valence-electron chi connectivity index (χ1n) is 12.2. The average Bonchev–Trinajstić information content (AvgIpc) is 2.74. The summed E-state index contributed by atoms with van der Waals surface area (Å²) in [5, 5.41) is 8.61. The van der Waals surface area contributed by atoms with E-state index in [1.54, 1.807) is 0 Å². The van der Waals surface area contributed by atoms with Gasteiger partial charge in [0.05, 0.1) is 0 Å². The van der Waals surface area contributed by atoms with E-state index in [2.05, 4.69) is 45.0 Å². The molecule has 1 heterocycles. The van der Waals surface area contributed by atoms with E-state index in [0.717, 1.165) is 25.1 Å². The molecule has 0 atom stereocenters. The fourth-order valence-electron chi connectivity index (χ4n) is 3.36. The van der Waals surface area contributed by atoms with E-state index in [1.807, 2.05) is 27.8 Å². The highest BCUT2D eigenvalue weighted by molar-refractivity contribution is 5.75. The van der Waals surface area contributed by atoms with Crippen LogP contribution in [0.1, 0.15) is 85.0 Å². The van der Waals surface area contributed by atoms with Gasteiger partial charge in [0.15, 0.2) is 12.4 Å². The molecule has 0 aromatic carbocycles. The summed E-state index contributed by atoms with van der Waals surface area (Å²) >= 11 is 0. The average molecular weight is 450 g/mol. The number of amides is 2. The molecule has 7 nitrogen and oxygen atoms in total. The lowest BCUT2D eigenvalue weighted by atomic mass is 10.1. The summed E-state index contributed by atoms with van der Waals surface area (Å²) in [7, 11) is 1.94. The summed E-state index contributed by atoms with van der Waals surface area (Å²) in [6, 6.07) is 4.21. The lowest BCUT2D eigenvalue weighted by molar-refractivity contribution is -0.697. The van der Waals surface area contributed by atoms with Crippen molar-refractivity contribution >= 4 is 17.7 Å². The second-order valence-corrected chi connectivity index (χ2v) is 9.29. The molecule has 2 amide bonds. The Morgan fingerprint density at radius 1 is 0.844 bits per heavy atom. The first kappa shape index (κ1) is 27.7. The Balaban J connectivity index is 1.85. The van der Waals surface area contributed by atoms with Gasteiger partial charge < -0.3 is 20.7 Å². The fourth-order valence-corrected chi connectivity index (χ4v) is 3.36. The smallest absolute Gasteiger partial charge is 0.407 e. The molecule has 0 radical (unpaired) electrons. The van der Waals surface area contributed by atoms with Crippen molar-refractivity contribution in [1.82, 2.24) is 10.6 Å². The molecular weight excluding hydrogens is 404 g/mol. The van der Waals surface area contributed by atoms with Crippen LogP contribution in [0.2, 0.25) is 0 Å². The van der Waals surface area contributed by atoms with Crippen molar-refractivity contribution in [2.45, 2.75) is 97.1 Å². The number of anilines is 1. The second-order valence-electron chi connectivity index (χ2n) is 9.29. The van der Waals surface area contributed by atoms with Gasteiger partial charge in [-0.15, -0.1) is 0 Å². The summed E-state index contributed by atoms with van der Waals surface area (Å²) in [4.78, 5) is 23.3. The van der Waals surface area contributed by atoms with Gasteiger partial charge in [-0.25, -0.2) is 9.36 Å². The highest BCUT2D eigenvalue weighted by atomic mass is 16.6. The van der Waals surface area contributed by atoms with Crippen LogP contribution >= 0.6 is 0 Å². The van der Waals surface area contributed by atoms with E-state index in [1.165, 1.54) is 44.9 Å². The molecule has 0 fully saturated rings.